The first-order valence-corrected chi connectivity index (χ1v) is 9.36. The lowest BCUT2D eigenvalue weighted by Crippen LogP contribution is -2.49. The van der Waals surface area contributed by atoms with Crippen molar-refractivity contribution in [3.05, 3.63) is 30.3 Å². The van der Waals surface area contributed by atoms with Gasteiger partial charge in [-0.25, -0.2) is 8.42 Å². The fraction of sp³-hybridized carbons (Fsp3) is 0.500. The smallest absolute Gasteiger partial charge is 0.244 e. The monoisotopic (exact) mass is 328 g/mol. The second-order valence-electron chi connectivity index (χ2n) is 5.26. The van der Waals surface area contributed by atoms with Gasteiger partial charge in [0.2, 0.25) is 15.9 Å². The molecule has 2 rings (SSSR count). The summed E-state index contributed by atoms with van der Waals surface area (Å²) >= 11 is 1.47. The van der Waals surface area contributed by atoms with Crippen molar-refractivity contribution < 1.29 is 13.2 Å². The summed E-state index contributed by atoms with van der Waals surface area (Å²) in [7, 11) is -1.92. The lowest BCUT2D eigenvalue weighted by Gasteiger charge is -2.29. The van der Waals surface area contributed by atoms with Gasteiger partial charge in [0.05, 0.1) is 10.8 Å². The van der Waals surface area contributed by atoms with Crippen LogP contribution in [0.15, 0.2) is 35.2 Å². The predicted molar refractivity (Wildman–Crippen MR) is 84.5 cm³/mol. The van der Waals surface area contributed by atoms with Crippen molar-refractivity contribution in [1.82, 2.24) is 9.21 Å². The van der Waals surface area contributed by atoms with Gasteiger partial charge in [0.15, 0.2) is 0 Å². The number of thioether (sulfide) groups is 1. The first-order valence-electron chi connectivity index (χ1n) is 6.77. The SMILES string of the molecule is CC(C)N(C)C(=O)C1CSCN1S(=O)(=O)c1ccccc1. The van der Waals surface area contributed by atoms with Crippen LogP contribution < -0.4 is 0 Å². The van der Waals surface area contributed by atoms with Crippen molar-refractivity contribution in [2.24, 2.45) is 0 Å². The number of carbonyl (C=O) groups is 1. The third-order valence-corrected chi connectivity index (χ3v) is 6.64. The Morgan fingerprint density at radius 3 is 2.52 bits per heavy atom. The van der Waals surface area contributed by atoms with E-state index in [0.29, 0.717) is 11.6 Å². The van der Waals surface area contributed by atoms with E-state index in [1.54, 1.807) is 42.3 Å². The summed E-state index contributed by atoms with van der Waals surface area (Å²) in [5, 5.41) is 0. The van der Waals surface area contributed by atoms with Gasteiger partial charge in [-0.3, -0.25) is 4.79 Å². The highest BCUT2D eigenvalue weighted by atomic mass is 32.2. The molecule has 1 aliphatic rings. The molecule has 0 spiro atoms. The van der Waals surface area contributed by atoms with Crippen LogP contribution in [0.25, 0.3) is 0 Å². The van der Waals surface area contributed by atoms with E-state index < -0.39 is 16.1 Å². The second-order valence-corrected chi connectivity index (χ2v) is 8.15. The summed E-state index contributed by atoms with van der Waals surface area (Å²) in [6, 6.07) is 7.70. The molecule has 1 amide bonds. The molecule has 1 aliphatic heterocycles. The fourth-order valence-electron chi connectivity index (χ4n) is 2.08. The van der Waals surface area contributed by atoms with Crippen molar-refractivity contribution in [3.63, 3.8) is 0 Å². The van der Waals surface area contributed by atoms with Crippen molar-refractivity contribution in [2.75, 3.05) is 18.7 Å². The van der Waals surface area contributed by atoms with Crippen LogP contribution in [0.4, 0.5) is 0 Å². The number of rotatable bonds is 4. The van der Waals surface area contributed by atoms with Gasteiger partial charge in [-0.05, 0) is 26.0 Å². The topological polar surface area (TPSA) is 57.7 Å². The molecule has 1 atom stereocenters. The molecule has 1 unspecified atom stereocenters. The van der Waals surface area contributed by atoms with Crippen LogP contribution in [0, 0.1) is 0 Å². The Bertz CT molecular complexity index is 602. The van der Waals surface area contributed by atoms with E-state index in [1.807, 2.05) is 13.8 Å². The molecule has 116 valence electrons. The average molecular weight is 328 g/mol. The Morgan fingerprint density at radius 2 is 1.95 bits per heavy atom. The maximum atomic E-state index is 12.7. The lowest BCUT2D eigenvalue weighted by atomic mass is 10.2. The number of hydrogen-bond donors (Lipinski definition) is 0. The molecule has 0 N–H and O–H groups in total. The first kappa shape index (κ1) is 16.3. The Balaban J connectivity index is 2.29. The molecule has 0 radical (unpaired) electrons. The average Bonchev–Trinajstić information content (AvgIpc) is 2.96. The fourth-order valence-corrected chi connectivity index (χ4v) is 5.23. The van der Waals surface area contributed by atoms with Crippen LogP contribution in [0.3, 0.4) is 0 Å². The summed E-state index contributed by atoms with van der Waals surface area (Å²) in [6.45, 7) is 3.83. The van der Waals surface area contributed by atoms with Crippen LogP contribution in [0.2, 0.25) is 0 Å². The zero-order valence-corrected chi connectivity index (χ0v) is 14.0. The molecule has 1 heterocycles. The summed E-state index contributed by atoms with van der Waals surface area (Å²) in [6.07, 6.45) is 0. The van der Waals surface area contributed by atoms with Gasteiger partial charge in [-0.1, -0.05) is 18.2 Å². The minimum Gasteiger partial charge on any atom is -0.342 e. The lowest BCUT2D eigenvalue weighted by molar-refractivity contribution is -0.134. The van der Waals surface area contributed by atoms with Crippen LogP contribution in [-0.2, 0) is 14.8 Å². The normalized spacial score (nSPS) is 19.9. The zero-order chi connectivity index (χ0) is 15.6. The number of likely N-dealkylation sites (N-methyl/N-ethyl adjacent to an activating group) is 1. The van der Waals surface area contributed by atoms with E-state index in [4.69, 9.17) is 0 Å². The van der Waals surface area contributed by atoms with E-state index in [1.165, 1.54) is 16.1 Å². The number of benzene rings is 1. The highest BCUT2D eigenvalue weighted by Crippen LogP contribution is 2.29. The highest BCUT2D eigenvalue weighted by Gasteiger charge is 2.41. The maximum Gasteiger partial charge on any atom is 0.244 e. The first-order chi connectivity index (χ1) is 9.85. The second kappa shape index (κ2) is 6.37. The molecule has 1 aromatic rings. The van der Waals surface area contributed by atoms with E-state index in [9.17, 15) is 13.2 Å². The van der Waals surface area contributed by atoms with Gasteiger partial charge < -0.3 is 4.90 Å². The summed E-state index contributed by atoms with van der Waals surface area (Å²) in [4.78, 5) is 14.3. The molecular formula is C14H20N2O3S2. The third kappa shape index (κ3) is 3.25. The van der Waals surface area contributed by atoms with E-state index >= 15 is 0 Å². The van der Waals surface area contributed by atoms with Gasteiger partial charge in [0, 0.05) is 18.8 Å². The van der Waals surface area contributed by atoms with Crippen molar-refractivity contribution in [2.45, 2.75) is 30.8 Å². The number of sulfonamides is 1. The molecule has 1 fully saturated rings. The minimum absolute atomic E-state index is 0.0457. The molecule has 0 saturated carbocycles. The van der Waals surface area contributed by atoms with Crippen molar-refractivity contribution >= 4 is 27.7 Å². The van der Waals surface area contributed by atoms with Crippen LogP contribution in [0.1, 0.15) is 13.8 Å². The molecule has 5 nitrogen and oxygen atoms in total. The number of hydrogen-bond acceptors (Lipinski definition) is 4. The highest BCUT2D eigenvalue weighted by molar-refractivity contribution is 8.00. The zero-order valence-electron chi connectivity index (χ0n) is 12.4. The van der Waals surface area contributed by atoms with Crippen LogP contribution in [-0.4, -0.2) is 54.3 Å². The number of carbonyl (C=O) groups excluding carboxylic acids is 1. The molecule has 21 heavy (non-hydrogen) atoms. The van der Waals surface area contributed by atoms with Crippen molar-refractivity contribution in [3.8, 4) is 0 Å². The predicted octanol–water partition coefficient (Wildman–Crippen LogP) is 1.62. The summed E-state index contributed by atoms with van der Waals surface area (Å²) < 4.78 is 26.7. The molecule has 7 heteroatoms. The Hall–Kier alpha value is -1.05. The molecule has 0 bridgehead atoms. The van der Waals surface area contributed by atoms with E-state index in [-0.39, 0.29) is 16.8 Å². The molecule has 1 aromatic carbocycles. The van der Waals surface area contributed by atoms with Crippen LogP contribution >= 0.6 is 11.8 Å². The van der Waals surface area contributed by atoms with Crippen molar-refractivity contribution in [1.29, 1.82) is 0 Å². The number of amides is 1. The van der Waals surface area contributed by atoms with Crippen LogP contribution in [0.5, 0.6) is 0 Å². The third-order valence-electron chi connectivity index (χ3n) is 3.60. The molecule has 0 aliphatic carbocycles. The minimum atomic E-state index is -3.63. The quantitative estimate of drug-likeness (QED) is 0.843. The van der Waals surface area contributed by atoms with Gasteiger partial charge in [0.1, 0.15) is 6.04 Å². The summed E-state index contributed by atoms with van der Waals surface area (Å²) in [5.74, 6) is 0.677. The number of nitrogens with zero attached hydrogens (tertiary/aromatic N) is 2. The Morgan fingerprint density at radius 1 is 1.33 bits per heavy atom. The summed E-state index contributed by atoms with van der Waals surface area (Å²) in [5.41, 5.74) is 0. The Labute approximate surface area is 130 Å². The Kier molecular flexibility index (Phi) is 4.95. The largest absolute Gasteiger partial charge is 0.342 e. The van der Waals surface area contributed by atoms with Gasteiger partial charge in [-0.15, -0.1) is 11.8 Å². The standard InChI is InChI=1S/C14H20N2O3S2/c1-11(2)15(3)14(17)13-9-20-10-16(13)21(18,19)12-7-5-4-6-8-12/h4-8,11,13H,9-10H2,1-3H3. The molecule has 1 saturated heterocycles. The maximum absolute atomic E-state index is 12.7. The van der Waals surface area contributed by atoms with Gasteiger partial charge >= 0.3 is 0 Å². The van der Waals surface area contributed by atoms with E-state index in [0.717, 1.165) is 0 Å². The van der Waals surface area contributed by atoms with E-state index in [2.05, 4.69) is 0 Å². The van der Waals surface area contributed by atoms with Gasteiger partial charge in [-0.2, -0.15) is 4.31 Å². The molecular weight excluding hydrogens is 308 g/mol. The molecule has 0 aromatic heterocycles. The van der Waals surface area contributed by atoms with Gasteiger partial charge in [0.25, 0.3) is 0 Å².